The molecular formula is C16H19F2NO3. The zero-order valence-corrected chi connectivity index (χ0v) is 12.6. The van der Waals surface area contributed by atoms with Gasteiger partial charge in [0.05, 0.1) is 19.3 Å². The van der Waals surface area contributed by atoms with Gasteiger partial charge in [-0.25, -0.2) is 8.78 Å². The van der Waals surface area contributed by atoms with Crippen LogP contribution in [0, 0.1) is 23.5 Å². The smallest absolute Gasteiger partial charge is 0.260 e. The molecule has 2 atom stereocenters. The van der Waals surface area contributed by atoms with Crippen LogP contribution in [0.15, 0.2) is 12.1 Å². The van der Waals surface area contributed by atoms with Gasteiger partial charge in [0.15, 0.2) is 11.6 Å². The van der Waals surface area contributed by atoms with Crippen molar-refractivity contribution < 1.29 is 23.4 Å². The number of carbonyl (C=O) groups is 1. The number of benzene rings is 1. The van der Waals surface area contributed by atoms with Crippen LogP contribution in [0.25, 0.3) is 0 Å². The van der Waals surface area contributed by atoms with E-state index in [4.69, 9.17) is 4.74 Å². The van der Waals surface area contributed by atoms with Crippen LogP contribution in [0.3, 0.4) is 0 Å². The summed E-state index contributed by atoms with van der Waals surface area (Å²) in [5.74, 6) is -2.84. The largest absolute Gasteiger partial charge is 0.496 e. The average molecular weight is 311 g/mol. The van der Waals surface area contributed by atoms with Crippen LogP contribution in [-0.4, -0.2) is 41.7 Å². The van der Waals surface area contributed by atoms with Gasteiger partial charge in [-0.05, 0) is 30.9 Å². The summed E-state index contributed by atoms with van der Waals surface area (Å²) in [6.07, 6.45) is 1.89. The Kier molecular flexibility index (Phi) is 3.59. The highest BCUT2D eigenvalue weighted by atomic mass is 19.2. The van der Waals surface area contributed by atoms with Gasteiger partial charge in [-0.15, -0.1) is 0 Å². The third kappa shape index (κ3) is 2.26. The second-order valence-corrected chi connectivity index (χ2v) is 6.29. The van der Waals surface area contributed by atoms with E-state index in [-0.39, 0.29) is 24.1 Å². The molecule has 1 heterocycles. The van der Waals surface area contributed by atoms with E-state index in [1.54, 1.807) is 0 Å². The molecule has 6 heteroatoms. The molecule has 0 aromatic heterocycles. The zero-order valence-electron chi connectivity index (χ0n) is 12.6. The Morgan fingerprint density at radius 2 is 2.09 bits per heavy atom. The number of rotatable bonds is 3. The maximum atomic E-state index is 14.0. The number of aliphatic hydroxyl groups is 1. The number of carbonyl (C=O) groups excluding carboxylic acids is 1. The highest BCUT2D eigenvalue weighted by Gasteiger charge is 2.53. The van der Waals surface area contributed by atoms with Crippen molar-refractivity contribution in [2.45, 2.75) is 25.4 Å². The highest BCUT2D eigenvalue weighted by molar-refractivity contribution is 5.97. The summed E-state index contributed by atoms with van der Waals surface area (Å²) in [6, 6.07) is 2.16. The Bertz CT molecular complexity index is 618. The Morgan fingerprint density at radius 1 is 1.41 bits per heavy atom. The number of amides is 1. The van der Waals surface area contributed by atoms with Crippen molar-refractivity contribution in [3.8, 4) is 5.75 Å². The maximum Gasteiger partial charge on any atom is 0.260 e. The zero-order chi connectivity index (χ0) is 16.1. The Morgan fingerprint density at radius 3 is 2.68 bits per heavy atom. The maximum absolute atomic E-state index is 14.0. The molecule has 1 aromatic rings. The van der Waals surface area contributed by atoms with Crippen LogP contribution in [-0.2, 0) is 0 Å². The van der Waals surface area contributed by atoms with Crippen LogP contribution in [0.4, 0.5) is 8.78 Å². The minimum Gasteiger partial charge on any atom is -0.496 e. The number of likely N-dealkylation sites (tertiary alicyclic amines) is 1. The third-order valence-corrected chi connectivity index (χ3v) is 4.85. The lowest BCUT2D eigenvalue weighted by molar-refractivity contribution is -0.00369. The van der Waals surface area contributed by atoms with Crippen LogP contribution in [0.2, 0.25) is 0 Å². The minimum absolute atomic E-state index is 0.00147. The Balaban J connectivity index is 1.91. The fourth-order valence-electron chi connectivity index (χ4n) is 3.34. The monoisotopic (exact) mass is 311 g/mol. The molecule has 0 spiro atoms. The van der Waals surface area contributed by atoms with Crippen molar-refractivity contribution >= 4 is 5.91 Å². The molecule has 0 radical (unpaired) electrons. The van der Waals surface area contributed by atoms with Gasteiger partial charge in [-0.2, -0.15) is 0 Å². The third-order valence-electron chi connectivity index (χ3n) is 4.85. The van der Waals surface area contributed by atoms with Crippen LogP contribution in [0.5, 0.6) is 5.75 Å². The average Bonchev–Trinajstić information content (AvgIpc) is 3.29. The molecule has 1 aromatic carbocycles. The van der Waals surface area contributed by atoms with E-state index in [1.165, 1.54) is 18.1 Å². The van der Waals surface area contributed by atoms with Gasteiger partial charge in [0.2, 0.25) is 0 Å². The molecule has 2 aliphatic rings. The molecule has 3 rings (SSSR count). The summed E-state index contributed by atoms with van der Waals surface area (Å²) >= 11 is 0. The summed E-state index contributed by atoms with van der Waals surface area (Å²) in [4.78, 5) is 14.0. The number of hydrogen-bond donors (Lipinski definition) is 1. The number of halogens is 2. The predicted molar refractivity (Wildman–Crippen MR) is 75.7 cm³/mol. The van der Waals surface area contributed by atoms with Crippen molar-refractivity contribution in [1.29, 1.82) is 0 Å². The van der Waals surface area contributed by atoms with Crippen molar-refractivity contribution in [1.82, 2.24) is 4.90 Å². The molecule has 0 bridgehead atoms. The van der Waals surface area contributed by atoms with Crippen LogP contribution in [0.1, 0.15) is 30.1 Å². The quantitative estimate of drug-likeness (QED) is 0.931. The van der Waals surface area contributed by atoms with Gasteiger partial charge in [0, 0.05) is 12.5 Å². The molecule has 2 fully saturated rings. The highest BCUT2D eigenvalue weighted by Crippen LogP contribution is 2.47. The summed E-state index contributed by atoms with van der Waals surface area (Å²) in [7, 11) is 1.30. The van der Waals surface area contributed by atoms with E-state index >= 15 is 0 Å². The standard InChI is InChI=1S/C16H19F2NO3/c1-9-7-19(8-16(9,21)10-3-4-10)15(20)13-12(22-2)6-5-11(17)14(13)18/h5-6,9-10,21H,3-4,7-8H2,1-2H3/t9-,16+/m1/s1. The van der Waals surface area contributed by atoms with Crippen LogP contribution < -0.4 is 4.74 Å². The van der Waals surface area contributed by atoms with E-state index in [9.17, 15) is 18.7 Å². The first kappa shape index (κ1) is 15.2. The van der Waals surface area contributed by atoms with Crippen molar-refractivity contribution in [3.05, 3.63) is 29.3 Å². The molecule has 1 aliphatic carbocycles. The summed E-state index contributed by atoms with van der Waals surface area (Å²) in [5.41, 5.74) is -1.33. The minimum atomic E-state index is -1.21. The normalized spacial score (nSPS) is 28.0. The van der Waals surface area contributed by atoms with E-state index in [0.717, 1.165) is 18.9 Å². The molecule has 1 saturated carbocycles. The molecule has 1 saturated heterocycles. The second kappa shape index (κ2) is 5.19. The van der Waals surface area contributed by atoms with Gasteiger partial charge < -0.3 is 14.7 Å². The van der Waals surface area contributed by atoms with E-state index in [0.29, 0.717) is 6.54 Å². The lowest BCUT2D eigenvalue weighted by Crippen LogP contribution is -2.40. The first-order valence-electron chi connectivity index (χ1n) is 7.42. The topological polar surface area (TPSA) is 49.8 Å². The number of hydrogen-bond acceptors (Lipinski definition) is 3. The SMILES string of the molecule is COc1ccc(F)c(F)c1C(=O)N1C[C@@H](C)[C@](O)(C2CC2)C1. The van der Waals surface area contributed by atoms with Gasteiger partial charge in [0.25, 0.3) is 5.91 Å². The lowest BCUT2D eigenvalue weighted by Gasteiger charge is -2.26. The number of ether oxygens (including phenoxy) is 1. The number of nitrogens with zero attached hydrogens (tertiary/aromatic N) is 1. The van der Waals surface area contributed by atoms with Crippen molar-refractivity contribution in [2.75, 3.05) is 20.2 Å². The van der Waals surface area contributed by atoms with Gasteiger partial charge in [-0.3, -0.25) is 4.79 Å². The van der Waals surface area contributed by atoms with Gasteiger partial charge >= 0.3 is 0 Å². The van der Waals surface area contributed by atoms with Gasteiger partial charge in [0.1, 0.15) is 11.3 Å². The predicted octanol–water partition coefficient (Wildman–Crippen LogP) is 2.21. The molecule has 1 amide bonds. The molecule has 4 nitrogen and oxygen atoms in total. The first-order valence-corrected chi connectivity index (χ1v) is 7.42. The number of methoxy groups -OCH3 is 1. The Labute approximate surface area is 127 Å². The first-order chi connectivity index (χ1) is 10.4. The van der Waals surface area contributed by atoms with E-state index in [1.807, 2.05) is 6.92 Å². The van der Waals surface area contributed by atoms with E-state index in [2.05, 4.69) is 0 Å². The van der Waals surface area contributed by atoms with Crippen molar-refractivity contribution in [3.63, 3.8) is 0 Å². The molecule has 1 N–H and O–H groups in total. The molecule has 120 valence electrons. The van der Waals surface area contributed by atoms with Crippen molar-refractivity contribution in [2.24, 2.45) is 11.8 Å². The Hall–Kier alpha value is -1.69. The molecule has 22 heavy (non-hydrogen) atoms. The van der Waals surface area contributed by atoms with E-state index < -0.39 is 28.7 Å². The summed E-state index contributed by atoms with van der Waals surface area (Å²) in [5, 5.41) is 10.7. The van der Waals surface area contributed by atoms with Gasteiger partial charge in [-0.1, -0.05) is 6.92 Å². The molecular weight excluding hydrogens is 292 g/mol. The van der Waals surface area contributed by atoms with Crippen LogP contribution >= 0.6 is 0 Å². The fraction of sp³-hybridized carbons (Fsp3) is 0.562. The summed E-state index contributed by atoms with van der Waals surface area (Å²) < 4.78 is 32.5. The summed E-state index contributed by atoms with van der Waals surface area (Å²) in [6.45, 7) is 2.35. The fourth-order valence-corrected chi connectivity index (χ4v) is 3.34. The molecule has 0 unspecified atom stereocenters. The second-order valence-electron chi connectivity index (χ2n) is 6.29. The lowest BCUT2D eigenvalue weighted by atomic mass is 9.88. The number of β-amino-alcohol motifs (C(OH)–C–C–N with tert-alkyl or cyclic N) is 1. The molecule has 1 aliphatic heterocycles.